The van der Waals surface area contributed by atoms with Crippen LogP contribution in [0.3, 0.4) is 0 Å². The van der Waals surface area contributed by atoms with Crippen molar-refractivity contribution in [1.82, 2.24) is 24.7 Å². The van der Waals surface area contributed by atoms with Gasteiger partial charge in [0.2, 0.25) is 11.9 Å². The summed E-state index contributed by atoms with van der Waals surface area (Å²) in [6.45, 7) is 9.99. The summed E-state index contributed by atoms with van der Waals surface area (Å²) in [5, 5.41) is 11.2. The zero-order valence-corrected chi connectivity index (χ0v) is 18.2. The molecule has 0 aliphatic carbocycles. The smallest absolute Gasteiger partial charge is 0.222 e. The maximum Gasteiger partial charge on any atom is 0.222 e. The first-order valence-corrected chi connectivity index (χ1v) is 10.8. The van der Waals surface area contributed by atoms with Crippen molar-refractivity contribution in [3.8, 4) is 0 Å². The highest BCUT2D eigenvalue weighted by molar-refractivity contribution is 5.76. The van der Waals surface area contributed by atoms with Crippen LogP contribution in [0, 0.1) is 13.8 Å². The fourth-order valence-corrected chi connectivity index (χ4v) is 4.53. The number of β-amino-alcohol motifs (C(OH)–C–C–N with tert-alkyl or cyclic N) is 1. The highest BCUT2D eigenvalue weighted by atomic mass is 16.3. The van der Waals surface area contributed by atoms with Gasteiger partial charge in [0.1, 0.15) is 0 Å². The fourth-order valence-electron chi connectivity index (χ4n) is 4.53. The van der Waals surface area contributed by atoms with Crippen molar-refractivity contribution in [1.29, 1.82) is 0 Å². The molecule has 2 saturated heterocycles. The van der Waals surface area contributed by atoms with Crippen LogP contribution >= 0.6 is 0 Å². The van der Waals surface area contributed by atoms with Crippen LogP contribution in [-0.4, -0.2) is 94.1 Å². The number of carbonyl (C=O) groups is 1. The number of likely N-dealkylation sites (tertiary alicyclic amines) is 1. The predicted molar refractivity (Wildman–Crippen MR) is 114 cm³/mol. The lowest BCUT2D eigenvalue weighted by Crippen LogP contribution is -2.51. The molecule has 3 N–H and O–H groups in total. The summed E-state index contributed by atoms with van der Waals surface area (Å²) in [5.74, 6) is 0.423. The molecule has 2 fully saturated rings. The Morgan fingerprint density at radius 1 is 1.07 bits per heavy atom. The minimum atomic E-state index is -0.692. The van der Waals surface area contributed by atoms with E-state index in [1.54, 1.807) is 0 Å². The molecule has 8 nitrogen and oxygen atoms in total. The molecule has 0 bridgehead atoms. The molecule has 3 heterocycles. The van der Waals surface area contributed by atoms with Gasteiger partial charge in [0.25, 0.3) is 0 Å². The number of nitrogen functional groups attached to an aromatic ring is 1. The second kappa shape index (κ2) is 9.36. The van der Waals surface area contributed by atoms with E-state index >= 15 is 0 Å². The standard InChI is InChI=1S/C21H36N6O2/c1-16-18(17(2)24-20(22)23-16)5-6-19(28)27-9-4-7-21(29,8-10-27)15-26-13-11-25(3)12-14-26/h29H,4-15H2,1-3H3,(H2,22,23,24)/t21-/m0/s1. The minimum absolute atomic E-state index is 0.143. The third-order valence-electron chi connectivity index (χ3n) is 6.41. The topological polar surface area (TPSA) is 98.8 Å². The summed E-state index contributed by atoms with van der Waals surface area (Å²) >= 11 is 0. The van der Waals surface area contributed by atoms with Gasteiger partial charge in [-0.1, -0.05) is 0 Å². The molecule has 1 aromatic rings. The summed E-state index contributed by atoms with van der Waals surface area (Å²) in [7, 11) is 2.14. The van der Waals surface area contributed by atoms with Crippen LogP contribution in [0.4, 0.5) is 5.95 Å². The van der Waals surface area contributed by atoms with Crippen molar-refractivity contribution < 1.29 is 9.90 Å². The van der Waals surface area contributed by atoms with Gasteiger partial charge in [-0.05, 0) is 52.1 Å². The van der Waals surface area contributed by atoms with Gasteiger partial charge in [0, 0.05) is 63.6 Å². The van der Waals surface area contributed by atoms with Gasteiger partial charge in [0.15, 0.2) is 0 Å². The Kier molecular flexibility index (Phi) is 7.08. The zero-order chi connectivity index (χ0) is 21.0. The van der Waals surface area contributed by atoms with E-state index in [0.29, 0.717) is 32.4 Å². The molecule has 1 atom stereocenters. The van der Waals surface area contributed by atoms with Crippen LogP contribution < -0.4 is 5.73 Å². The first kappa shape index (κ1) is 21.9. The van der Waals surface area contributed by atoms with Gasteiger partial charge < -0.3 is 20.6 Å². The number of carbonyl (C=O) groups excluding carboxylic acids is 1. The average molecular weight is 405 g/mol. The van der Waals surface area contributed by atoms with Gasteiger partial charge in [0.05, 0.1) is 5.60 Å². The van der Waals surface area contributed by atoms with Crippen LogP contribution in [0.25, 0.3) is 0 Å². The summed E-state index contributed by atoms with van der Waals surface area (Å²) < 4.78 is 0. The summed E-state index contributed by atoms with van der Waals surface area (Å²) in [4.78, 5) is 27.9. The van der Waals surface area contributed by atoms with Crippen molar-refractivity contribution in [3.05, 3.63) is 17.0 Å². The van der Waals surface area contributed by atoms with E-state index < -0.39 is 5.60 Å². The molecule has 2 aliphatic heterocycles. The number of aromatic nitrogens is 2. The highest BCUT2D eigenvalue weighted by Crippen LogP contribution is 2.25. The monoisotopic (exact) mass is 404 g/mol. The second-order valence-corrected chi connectivity index (χ2v) is 8.77. The Morgan fingerprint density at radius 3 is 2.38 bits per heavy atom. The Bertz CT molecular complexity index is 696. The first-order valence-electron chi connectivity index (χ1n) is 10.8. The lowest BCUT2D eigenvalue weighted by molar-refractivity contribution is -0.131. The lowest BCUT2D eigenvalue weighted by atomic mass is 9.94. The first-order chi connectivity index (χ1) is 13.8. The molecule has 162 valence electrons. The van der Waals surface area contributed by atoms with Crippen LogP contribution in [0.5, 0.6) is 0 Å². The Hall–Kier alpha value is -1.77. The summed E-state index contributed by atoms with van der Waals surface area (Å²) in [5.41, 5.74) is 7.70. The number of nitrogens with two attached hydrogens (primary N) is 1. The molecule has 3 rings (SSSR count). The SMILES string of the molecule is Cc1nc(N)nc(C)c1CCC(=O)N1CCC[C@@](O)(CN2CCN(C)CC2)CC1. The number of aryl methyl sites for hydroxylation is 2. The number of likely N-dealkylation sites (N-methyl/N-ethyl adjacent to an activating group) is 1. The van der Waals surface area contributed by atoms with E-state index in [1.165, 1.54) is 0 Å². The number of hydrogen-bond donors (Lipinski definition) is 2. The molecule has 0 saturated carbocycles. The normalized spacial score (nSPS) is 24.5. The molecule has 29 heavy (non-hydrogen) atoms. The lowest BCUT2D eigenvalue weighted by Gasteiger charge is -2.38. The van der Waals surface area contributed by atoms with E-state index in [9.17, 15) is 9.90 Å². The summed E-state index contributed by atoms with van der Waals surface area (Å²) in [6.07, 6.45) is 3.31. The number of aliphatic hydroxyl groups is 1. The second-order valence-electron chi connectivity index (χ2n) is 8.77. The highest BCUT2D eigenvalue weighted by Gasteiger charge is 2.33. The van der Waals surface area contributed by atoms with Gasteiger partial charge >= 0.3 is 0 Å². The van der Waals surface area contributed by atoms with Crippen LogP contribution in [0.2, 0.25) is 0 Å². The quantitative estimate of drug-likeness (QED) is 0.741. The van der Waals surface area contributed by atoms with Crippen molar-refractivity contribution in [3.63, 3.8) is 0 Å². The number of anilines is 1. The molecule has 0 radical (unpaired) electrons. The van der Waals surface area contributed by atoms with Crippen molar-refractivity contribution in [2.75, 3.05) is 58.6 Å². The van der Waals surface area contributed by atoms with Crippen molar-refractivity contribution >= 4 is 11.9 Å². The number of piperazine rings is 1. The van der Waals surface area contributed by atoms with Crippen LogP contribution in [-0.2, 0) is 11.2 Å². The molecule has 1 aromatic heterocycles. The predicted octanol–water partition coefficient (Wildman–Crippen LogP) is 0.599. The van der Waals surface area contributed by atoms with Crippen molar-refractivity contribution in [2.24, 2.45) is 0 Å². The number of nitrogens with zero attached hydrogens (tertiary/aromatic N) is 5. The zero-order valence-electron chi connectivity index (χ0n) is 18.2. The van der Waals surface area contributed by atoms with Gasteiger partial charge in [-0.25, -0.2) is 9.97 Å². The average Bonchev–Trinajstić information content (AvgIpc) is 2.84. The van der Waals surface area contributed by atoms with Crippen molar-refractivity contribution in [2.45, 2.75) is 51.6 Å². The van der Waals surface area contributed by atoms with E-state index in [1.807, 2.05) is 18.7 Å². The van der Waals surface area contributed by atoms with Gasteiger partial charge in [-0.2, -0.15) is 0 Å². The fraction of sp³-hybridized carbons (Fsp3) is 0.762. The van der Waals surface area contributed by atoms with Gasteiger partial charge in [-0.15, -0.1) is 0 Å². The molecule has 0 unspecified atom stereocenters. The molecule has 1 amide bonds. The molecule has 2 aliphatic rings. The van der Waals surface area contributed by atoms with E-state index in [-0.39, 0.29) is 11.9 Å². The van der Waals surface area contributed by atoms with Crippen LogP contribution in [0.1, 0.15) is 42.6 Å². The van der Waals surface area contributed by atoms with E-state index in [4.69, 9.17) is 5.73 Å². The molecule has 8 heteroatoms. The largest absolute Gasteiger partial charge is 0.388 e. The number of amides is 1. The van der Waals surface area contributed by atoms with E-state index in [0.717, 1.165) is 62.5 Å². The Labute approximate surface area is 174 Å². The molecular weight excluding hydrogens is 368 g/mol. The third kappa shape index (κ3) is 5.87. The Balaban J connectivity index is 1.51. The van der Waals surface area contributed by atoms with Gasteiger partial charge in [-0.3, -0.25) is 9.69 Å². The Morgan fingerprint density at radius 2 is 1.72 bits per heavy atom. The maximum absolute atomic E-state index is 12.8. The number of hydrogen-bond acceptors (Lipinski definition) is 7. The summed E-state index contributed by atoms with van der Waals surface area (Å²) in [6, 6.07) is 0. The minimum Gasteiger partial charge on any atom is -0.388 e. The van der Waals surface area contributed by atoms with Crippen LogP contribution in [0.15, 0.2) is 0 Å². The van der Waals surface area contributed by atoms with E-state index in [2.05, 4.69) is 26.8 Å². The number of rotatable bonds is 5. The maximum atomic E-state index is 12.8. The molecule has 0 aromatic carbocycles. The third-order valence-corrected chi connectivity index (χ3v) is 6.41. The molecule has 0 spiro atoms. The molecular formula is C21H36N6O2.